The fraction of sp³-hybridized carbons (Fsp3) is 0.667. The molecule has 2 aliphatic heterocycles. The van der Waals surface area contributed by atoms with E-state index in [1.54, 1.807) is 0 Å². The molecule has 126 valence electrons. The molecule has 1 amide bonds. The maximum absolute atomic E-state index is 12.5. The molecule has 1 unspecified atom stereocenters. The van der Waals surface area contributed by atoms with Gasteiger partial charge in [-0.15, -0.1) is 23.4 Å². The third kappa shape index (κ3) is 3.33. The van der Waals surface area contributed by atoms with Crippen LogP contribution in [0.2, 0.25) is 0 Å². The summed E-state index contributed by atoms with van der Waals surface area (Å²) in [5, 5.41) is 9.25. The Hall–Kier alpha value is -0.530. The molecule has 1 saturated heterocycles. The quantitative estimate of drug-likeness (QED) is 0.431. The number of hydrogen-bond donors (Lipinski definition) is 1. The van der Waals surface area contributed by atoms with Gasteiger partial charge in [0.1, 0.15) is 15.4 Å². The lowest BCUT2D eigenvalue weighted by molar-refractivity contribution is -0.147. The van der Waals surface area contributed by atoms with Gasteiger partial charge in [-0.25, -0.2) is 4.79 Å². The summed E-state index contributed by atoms with van der Waals surface area (Å²) in [4.78, 5) is 30.1. The molecule has 1 aliphatic carbocycles. The van der Waals surface area contributed by atoms with Crippen LogP contribution in [-0.4, -0.2) is 49.0 Å². The number of β-lactam (4-membered cyclic amide) rings is 1. The van der Waals surface area contributed by atoms with Crippen molar-refractivity contribution < 1.29 is 14.7 Å². The summed E-state index contributed by atoms with van der Waals surface area (Å²) in [6, 6.07) is -0.437. The van der Waals surface area contributed by atoms with Gasteiger partial charge in [-0.3, -0.25) is 14.7 Å². The summed E-state index contributed by atoms with van der Waals surface area (Å²) in [5.74, 6) is -0.834. The number of rotatable bonds is 3. The molecule has 23 heavy (non-hydrogen) atoms. The Labute approximate surface area is 152 Å². The second-order valence-corrected chi connectivity index (χ2v) is 8.93. The molecule has 8 heteroatoms. The molecule has 0 spiro atoms. The number of hydrogen-bond acceptors (Lipinski definition) is 4. The van der Waals surface area contributed by atoms with Crippen molar-refractivity contribution in [2.75, 3.05) is 5.75 Å². The van der Waals surface area contributed by atoms with Crippen LogP contribution < -0.4 is 0 Å². The molecule has 2 heterocycles. The first-order chi connectivity index (χ1) is 11.0. The highest BCUT2D eigenvalue weighted by molar-refractivity contribution is 9.10. The molecule has 1 saturated carbocycles. The Bertz CT molecular complexity index is 583. The van der Waals surface area contributed by atoms with E-state index in [2.05, 4.69) is 20.9 Å². The highest BCUT2D eigenvalue weighted by Gasteiger charge is 2.54. The second-order valence-electron chi connectivity index (χ2n) is 5.94. The lowest BCUT2D eigenvalue weighted by atomic mass is 10.0. The minimum absolute atomic E-state index is 0.0212. The molecule has 1 N–H and O–H groups in total. The van der Waals surface area contributed by atoms with Crippen LogP contribution in [0.25, 0.3) is 0 Å². The Morgan fingerprint density at radius 2 is 2.00 bits per heavy atom. The van der Waals surface area contributed by atoms with Crippen molar-refractivity contribution in [1.29, 1.82) is 0 Å². The second kappa shape index (κ2) is 7.15. The summed E-state index contributed by atoms with van der Waals surface area (Å²) < 4.78 is -0.581. The van der Waals surface area contributed by atoms with E-state index in [9.17, 15) is 14.7 Å². The van der Waals surface area contributed by atoms with E-state index in [1.165, 1.54) is 29.5 Å². The molecule has 3 atom stereocenters. The minimum atomic E-state index is -1.11. The van der Waals surface area contributed by atoms with Gasteiger partial charge in [0, 0.05) is 11.5 Å². The van der Waals surface area contributed by atoms with Crippen LogP contribution in [0.3, 0.4) is 0 Å². The van der Waals surface area contributed by atoms with E-state index < -0.39 is 16.3 Å². The highest BCUT2D eigenvalue weighted by Crippen LogP contribution is 2.44. The van der Waals surface area contributed by atoms with Crippen LogP contribution >= 0.6 is 39.3 Å². The number of carbonyl (C=O) groups excluding carboxylic acids is 1. The number of aliphatic imine (C=N–C) groups is 1. The largest absolute Gasteiger partial charge is 0.477 e. The van der Waals surface area contributed by atoms with E-state index in [4.69, 9.17) is 11.6 Å². The van der Waals surface area contributed by atoms with Crippen LogP contribution in [0, 0.1) is 0 Å². The van der Waals surface area contributed by atoms with Gasteiger partial charge in [0.05, 0.1) is 0 Å². The average molecular weight is 422 g/mol. The van der Waals surface area contributed by atoms with Gasteiger partial charge in [-0.2, -0.15) is 0 Å². The average Bonchev–Trinajstić information content (AvgIpc) is 2.79. The van der Waals surface area contributed by atoms with Gasteiger partial charge in [-0.1, -0.05) is 28.8 Å². The number of carboxylic acids is 1. The van der Waals surface area contributed by atoms with E-state index in [-0.39, 0.29) is 17.0 Å². The summed E-state index contributed by atoms with van der Waals surface area (Å²) in [6.07, 6.45) is 6.62. The van der Waals surface area contributed by atoms with Crippen molar-refractivity contribution in [2.24, 2.45) is 4.99 Å². The molecular formula is C15H18BrClN2O3S. The van der Waals surface area contributed by atoms with Gasteiger partial charge in [0.15, 0.2) is 6.04 Å². The molecule has 5 nitrogen and oxygen atoms in total. The van der Waals surface area contributed by atoms with E-state index in [0.29, 0.717) is 11.3 Å². The number of carboxylic acid groups (broad SMARTS) is 1. The maximum atomic E-state index is 12.5. The van der Waals surface area contributed by atoms with Crippen LogP contribution in [0.5, 0.6) is 0 Å². The van der Waals surface area contributed by atoms with Crippen molar-refractivity contribution in [3.63, 3.8) is 0 Å². The molecule has 2 fully saturated rings. The molecular weight excluding hydrogens is 404 g/mol. The Morgan fingerprint density at radius 3 is 2.57 bits per heavy atom. The number of amides is 1. The summed E-state index contributed by atoms with van der Waals surface area (Å²) >= 11 is 10.8. The Morgan fingerprint density at radius 1 is 1.35 bits per heavy atom. The van der Waals surface area contributed by atoms with Crippen molar-refractivity contribution >= 4 is 56.9 Å². The van der Waals surface area contributed by atoms with Gasteiger partial charge in [0.25, 0.3) is 5.91 Å². The predicted octanol–water partition coefficient (Wildman–Crippen LogP) is 3.36. The zero-order chi connectivity index (χ0) is 16.6. The minimum Gasteiger partial charge on any atom is -0.477 e. The van der Waals surface area contributed by atoms with Gasteiger partial charge < -0.3 is 5.11 Å². The van der Waals surface area contributed by atoms with Crippen LogP contribution in [-0.2, 0) is 9.59 Å². The maximum Gasteiger partial charge on any atom is 0.352 e. The summed E-state index contributed by atoms with van der Waals surface area (Å²) in [7, 11) is 0. The van der Waals surface area contributed by atoms with E-state index >= 15 is 0 Å². The summed E-state index contributed by atoms with van der Waals surface area (Å²) in [5.41, 5.74) is 1.67. The number of fused-ring (bicyclic) bond motifs is 1. The van der Waals surface area contributed by atoms with Crippen molar-refractivity contribution in [2.45, 2.75) is 54.2 Å². The number of thioether (sulfide) groups is 1. The number of halogens is 2. The molecule has 3 rings (SSSR count). The molecule has 0 aromatic heterocycles. The van der Waals surface area contributed by atoms with Crippen molar-refractivity contribution in [3.05, 3.63) is 11.3 Å². The van der Waals surface area contributed by atoms with Crippen LogP contribution in [0.15, 0.2) is 16.3 Å². The zero-order valence-corrected chi connectivity index (χ0v) is 15.7. The van der Waals surface area contributed by atoms with Crippen LogP contribution in [0.1, 0.15) is 38.5 Å². The SMILES string of the molecule is O=C(O)C1=C(C(Cl)Br)CS[C@H]2[C@H](N=C3CCCCCC3)C(=O)N12. The van der Waals surface area contributed by atoms with E-state index in [1.807, 2.05) is 0 Å². The first kappa shape index (κ1) is 17.3. The molecule has 0 aromatic carbocycles. The lowest BCUT2D eigenvalue weighted by Crippen LogP contribution is -2.64. The van der Waals surface area contributed by atoms with Crippen LogP contribution in [0.4, 0.5) is 0 Å². The number of nitrogens with zero attached hydrogens (tertiary/aromatic N) is 2. The third-order valence-corrected chi connectivity index (χ3v) is 6.54. The lowest BCUT2D eigenvalue weighted by Gasteiger charge is -2.48. The van der Waals surface area contributed by atoms with Crippen molar-refractivity contribution in [3.8, 4) is 0 Å². The van der Waals surface area contributed by atoms with Gasteiger partial charge in [0.2, 0.25) is 0 Å². The third-order valence-electron chi connectivity index (χ3n) is 4.44. The number of aliphatic carboxylic acids is 1. The number of alkyl halides is 2. The first-order valence-electron chi connectivity index (χ1n) is 7.75. The van der Waals surface area contributed by atoms with Gasteiger partial charge >= 0.3 is 5.97 Å². The van der Waals surface area contributed by atoms with Gasteiger partial charge in [-0.05, 0) is 31.3 Å². The number of carbonyl (C=O) groups is 2. The summed E-state index contributed by atoms with van der Waals surface area (Å²) in [6.45, 7) is 0. The monoisotopic (exact) mass is 420 g/mol. The normalized spacial score (nSPS) is 29.6. The standard InChI is InChI=1S/C15H18BrClN2O3S/c16-12(17)9-7-23-14-10(13(20)19(14)11(9)15(21)22)18-8-5-3-1-2-4-6-8/h10,12,14H,1-7H2,(H,21,22)/t10-,12?,14+/m1/s1. The van der Waals surface area contributed by atoms with E-state index in [0.717, 1.165) is 31.4 Å². The van der Waals surface area contributed by atoms with Crippen molar-refractivity contribution in [1.82, 2.24) is 4.90 Å². The Balaban J connectivity index is 1.82. The zero-order valence-electron chi connectivity index (χ0n) is 12.5. The smallest absolute Gasteiger partial charge is 0.352 e. The predicted molar refractivity (Wildman–Crippen MR) is 95.2 cm³/mol. The Kier molecular flexibility index (Phi) is 5.38. The molecule has 0 aromatic rings. The molecule has 3 aliphatic rings. The first-order valence-corrected chi connectivity index (χ1v) is 10.2. The topological polar surface area (TPSA) is 70.0 Å². The molecule has 0 radical (unpaired) electrons. The molecule has 0 bridgehead atoms. The fourth-order valence-corrected chi connectivity index (χ4v) is 5.48. The highest BCUT2D eigenvalue weighted by atomic mass is 79.9. The fourth-order valence-electron chi connectivity index (χ4n) is 3.24.